The van der Waals surface area contributed by atoms with E-state index in [0.717, 1.165) is 0 Å². The van der Waals surface area contributed by atoms with E-state index in [1.54, 1.807) is 17.2 Å². The highest BCUT2D eigenvalue weighted by Gasteiger charge is 2.31. The van der Waals surface area contributed by atoms with Gasteiger partial charge in [-0.25, -0.2) is 4.98 Å². The number of aromatic nitrogens is 4. The van der Waals surface area contributed by atoms with E-state index < -0.39 is 0 Å². The average molecular weight is 328 g/mol. The zero-order valence-electron chi connectivity index (χ0n) is 13.9. The van der Waals surface area contributed by atoms with Crippen LogP contribution in [0.3, 0.4) is 0 Å². The molecule has 2 aromatic rings. The van der Waals surface area contributed by atoms with Crippen molar-refractivity contribution >= 4 is 11.8 Å². The van der Waals surface area contributed by atoms with Gasteiger partial charge in [-0.2, -0.15) is 10.2 Å². The van der Waals surface area contributed by atoms with Crippen molar-refractivity contribution in [3.63, 3.8) is 0 Å². The van der Waals surface area contributed by atoms with Crippen LogP contribution in [0, 0.1) is 0 Å². The van der Waals surface area contributed by atoms with E-state index in [2.05, 4.69) is 20.5 Å². The van der Waals surface area contributed by atoms with Crippen molar-refractivity contribution in [1.29, 1.82) is 0 Å². The molecule has 0 spiro atoms. The summed E-state index contributed by atoms with van der Waals surface area (Å²) in [5, 5.41) is 10.3. The van der Waals surface area contributed by atoms with Gasteiger partial charge in [0.15, 0.2) is 0 Å². The van der Waals surface area contributed by atoms with Crippen LogP contribution in [0.1, 0.15) is 53.5 Å². The Hall–Kier alpha value is -2.77. The van der Waals surface area contributed by atoms with E-state index in [1.807, 2.05) is 25.3 Å². The predicted molar refractivity (Wildman–Crippen MR) is 86.3 cm³/mol. The number of nitrogens with one attached hydrogen (secondary N) is 1. The van der Waals surface area contributed by atoms with Crippen LogP contribution in [-0.4, -0.2) is 49.0 Å². The minimum absolute atomic E-state index is 0.0471. The minimum Gasteiger partial charge on any atom is -0.348 e. The second-order valence-corrected chi connectivity index (χ2v) is 6.11. The molecule has 3 rings (SSSR count). The van der Waals surface area contributed by atoms with Crippen LogP contribution in [0.2, 0.25) is 0 Å². The van der Waals surface area contributed by atoms with Gasteiger partial charge in [0, 0.05) is 25.3 Å². The Balaban J connectivity index is 1.83. The smallest absolute Gasteiger partial charge is 0.271 e. The monoisotopic (exact) mass is 328 g/mol. The highest BCUT2D eigenvalue weighted by molar-refractivity contribution is 5.94. The van der Waals surface area contributed by atoms with Crippen LogP contribution < -0.4 is 5.32 Å². The first-order valence-electron chi connectivity index (χ1n) is 7.93. The molecule has 2 aromatic heterocycles. The quantitative estimate of drug-likeness (QED) is 0.908. The normalized spacial score (nSPS) is 16.8. The van der Waals surface area contributed by atoms with Gasteiger partial charge in [-0.15, -0.1) is 0 Å². The number of amides is 2. The fraction of sp³-hybridized carbons (Fsp3) is 0.438. The SMILES string of the molecule is CC(C)NC(=O)c1cn2c(n1)C(C)N(C(=O)c1ccnnc1)CC2. The van der Waals surface area contributed by atoms with Gasteiger partial charge in [0.2, 0.25) is 0 Å². The summed E-state index contributed by atoms with van der Waals surface area (Å²) in [6, 6.07) is 1.47. The zero-order chi connectivity index (χ0) is 17.3. The summed E-state index contributed by atoms with van der Waals surface area (Å²) in [6.07, 6.45) is 4.70. The molecule has 3 heterocycles. The zero-order valence-corrected chi connectivity index (χ0v) is 13.9. The summed E-state index contributed by atoms with van der Waals surface area (Å²) < 4.78 is 1.94. The first-order chi connectivity index (χ1) is 11.5. The largest absolute Gasteiger partial charge is 0.348 e. The molecule has 126 valence electrons. The second kappa shape index (κ2) is 6.38. The van der Waals surface area contributed by atoms with Gasteiger partial charge in [-0.05, 0) is 26.8 Å². The van der Waals surface area contributed by atoms with Crippen molar-refractivity contribution in [1.82, 2.24) is 30.0 Å². The first-order valence-corrected chi connectivity index (χ1v) is 7.93. The molecule has 8 heteroatoms. The molecule has 1 atom stereocenters. The molecular formula is C16H20N6O2. The van der Waals surface area contributed by atoms with Crippen molar-refractivity contribution in [3.05, 3.63) is 41.7 Å². The Morgan fingerprint density at radius 1 is 1.29 bits per heavy atom. The fourth-order valence-corrected chi connectivity index (χ4v) is 2.80. The number of imidazole rings is 1. The van der Waals surface area contributed by atoms with Crippen LogP contribution in [0.15, 0.2) is 24.7 Å². The highest BCUT2D eigenvalue weighted by atomic mass is 16.2. The Kier molecular flexibility index (Phi) is 4.28. The number of carbonyl (C=O) groups excluding carboxylic acids is 2. The van der Waals surface area contributed by atoms with Gasteiger partial charge >= 0.3 is 0 Å². The van der Waals surface area contributed by atoms with Gasteiger partial charge < -0.3 is 14.8 Å². The summed E-state index contributed by atoms with van der Waals surface area (Å²) in [5.74, 6) is 0.403. The van der Waals surface area contributed by atoms with E-state index in [-0.39, 0.29) is 23.9 Å². The Bertz CT molecular complexity index is 755. The molecule has 1 aliphatic rings. The topological polar surface area (TPSA) is 93.0 Å². The maximum Gasteiger partial charge on any atom is 0.271 e. The number of fused-ring (bicyclic) bond motifs is 1. The van der Waals surface area contributed by atoms with E-state index >= 15 is 0 Å². The molecule has 0 saturated carbocycles. The molecule has 1 unspecified atom stereocenters. The number of nitrogens with zero attached hydrogens (tertiary/aromatic N) is 5. The van der Waals surface area contributed by atoms with Crippen molar-refractivity contribution in [3.8, 4) is 0 Å². The summed E-state index contributed by atoms with van der Waals surface area (Å²) in [6.45, 7) is 6.87. The van der Waals surface area contributed by atoms with Crippen LogP contribution in [0.5, 0.6) is 0 Å². The molecule has 0 radical (unpaired) electrons. The van der Waals surface area contributed by atoms with Crippen molar-refractivity contribution in [2.45, 2.75) is 39.4 Å². The van der Waals surface area contributed by atoms with E-state index in [9.17, 15) is 9.59 Å². The standard InChI is InChI=1S/C16H20N6O2/c1-10(2)19-15(23)13-9-21-6-7-22(11(3)14(21)20-13)16(24)12-4-5-17-18-8-12/h4-5,8-11H,6-7H2,1-3H3,(H,19,23). The number of rotatable bonds is 3. The lowest BCUT2D eigenvalue weighted by Crippen LogP contribution is -2.41. The molecule has 2 amide bonds. The first kappa shape index (κ1) is 16.1. The Morgan fingerprint density at radius 2 is 2.08 bits per heavy atom. The molecule has 1 aliphatic heterocycles. The lowest BCUT2D eigenvalue weighted by atomic mass is 10.1. The summed E-state index contributed by atoms with van der Waals surface area (Å²) in [5.41, 5.74) is 0.875. The number of hydrogen-bond donors (Lipinski definition) is 1. The van der Waals surface area contributed by atoms with E-state index in [4.69, 9.17) is 0 Å². The number of hydrogen-bond acceptors (Lipinski definition) is 5. The summed E-state index contributed by atoms with van der Waals surface area (Å²) >= 11 is 0. The molecule has 0 aliphatic carbocycles. The van der Waals surface area contributed by atoms with Crippen molar-refractivity contribution in [2.24, 2.45) is 0 Å². The molecule has 8 nitrogen and oxygen atoms in total. The van der Waals surface area contributed by atoms with Gasteiger partial charge in [0.1, 0.15) is 11.5 Å². The molecule has 0 saturated heterocycles. The summed E-state index contributed by atoms with van der Waals surface area (Å²) in [7, 11) is 0. The van der Waals surface area contributed by atoms with Gasteiger partial charge in [0.05, 0.1) is 24.0 Å². The second-order valence-electron chi connectivity index (χ2n) is 6.11. The third-order valence-corrected chi connectivity index (χ3v) is 3.97. The number of carbonyl (C=O) groups is 2. The van der Waals surface area contributed by atoms with Gasteiger partial charge in [-0.3, -0.25) is 9.59 Å². The van der Waals surface area contributed by atoms with Crippen molar-refractivity contribution < 1.29 is 9.59 Å². The van der Waals surface area contributed by atoms with Crippen LogP contribution >= 0.6 is 0 Å². The van der Waals surface area contributed by atoms with Crippen molar-refractivity contribution in [2.75, 3.05) is 6.54 Å². The molecule has 0 fully saturated rings. The van der Waals surface area contributed by atoms with Crippen LogP contribution in [0.4, 0.5) is 0 Å². The van der Waals surface area contributed by atoms with E-state index in [1.165, 1.54) is 12.4 Å². The third-order valence-electron chi connectivity index (χ3n) is 3.97. The lowest BCUT2D eigenvalue weighted by Gasteiger charge is -2.33. The summed E-state index contributed by atoms with van der Waals surface area (Å²) in [4.78, 5) is 31.0. The van der Waals surface area contributed by atoms with Gasteiger partial charge in [-0.1, -0.05) is 0 Å². The maximum absolute atomic E-state index is 12.6. The predicted octanol–water partition coefficient (Wildman–Crippen LogP) is 1.03. The molecular weight excluding hydrogens is 308 g/mol. The third kappa shape index (κ3) is 2.99. The lowest BCUT2D eigenvalue weighted by molar-refractivity contribution is 0.0637. The van der Waals surface area contributed by atoms with Gasteiger partial charge in [0.25, 0.3) is 11.8 Å². The molecule has 0 aromatic carbocycles. The Morgan fingerprint density at radius 3 is 2.75 bits per heavy atom. The fourth-order valence-electron chi connectivity index (χ4n) is 2.80. The average Bonchev–Trinajstić information content (AvgIpc) is 3.00. The molecule has 24 heavy (non-hydrogen) atoms. The highest BCUT2D eigenvalue weighted by Crippen LogP contribution is 2.26. The Labute approximate surface area is 139 Å². The minimum atomic E-state index is -0.222. The van der Waals surface area contributed by atoms with Crippen LogP contribution in [-0.2, 0) is 6.54 Å². The van der Waals surface area contributed by atoms with Crippen LogP contribution in [0.25, 0.3) is 0 Å². The molecule has 0 bridgehead atoms. The van der Waals surface area contributed by atoms with E-state index in [0.29, 0.717) is 30.2 Å². The maximum atomic E-state index is 12.6. The molecule has 1 N–H and O–H groups in total.